The molecule has 2 unspecified atom stereocenters. The number of anilines is 1. The van der Waals surface area contributed by atoms with Crippen LogP contribution >= 0.6 is 11.3 Å². The zero-order valence-electron chi connectivity index (χ0n) is 14.2. The molecule has 23 heavy (non-hydrogen) atoms. The van der Waals surface area contributed by atoms with E-state index in [0.29, 0.717) is 6.54 Å². The Morgan fingerprint density at radius 2 is 1.87 bits per heavy atom. The van der Waals surface area contributed by atoms with Crippen LogP contribution in [-0.2, 0) is 11.3 Å². The van der Waals surface area contributed by atoms with Gasteiger partial charge in [0.25, 0.3) is 0 Å². The number of hydrogen-bond acceptors (Lipinski definition) is 7. The molecule has 0 bridgehead atoms. The minimum atomic E-state index is 0.242. The second-order valence-electron chi connectivity index (χ2n) is 5.98. The normalized spacial score (nSPS) is 21.8. The fraction of sp³-hybridized carbons (Fsp3) is 0.733. The van der Waals surface area contributed by atoms with E-state index in [2.05, 4.69) is 39.3 Å². The van der Waals surface area contributed by atoms with Gasteiger partial charge >= 0.3 is 0 Å². The van der Waals surface area contributed by atoms with E-state index in [9.17, 15) is 0 Å². The van der Waals surface area contributed by atoms with Crippen molar-refractivity contribution in [1.29, 1.82) is 0 Å². The number of thiazole rings is 1. The first-order valence-corrected chi connectivity index (χ1v) is 9.01. The van der Waals surface area contributed by atoms with E-state index in [1.165, 1.54) is 4.88 Å². The first-order chi connectivity index (χ1) is 11.1. The lowest BCUT2D eigenvalue weighted by Gasteiger charge is -2.37. The maximum Gasteiger partial charge on any atom is 0.246 e. The number of tetrazole rings is 1. The number of ether oxygens (including phenoxy) is 1. The molecule has 0 amide bonds. The van der Waals surface area contributed by atoms with Crippen LogP contribution in [0.2, 0.25) is 0 Å². The summed E-state index contributed by atoms with van der Waals surface area (Å²) in [6, 6.07) is 0. The van der Waals surface area contributed by atoms with E-state index >= 15 is 0 Å². The number of rotatable bonds is 5. The highest BCUT2D eigenvalue weighted by Crippen LogP contribution is 2.23. The van der Waals surface area contributed by atoms with Gasteiger partial charge in [-0.3, -0.25) is 0 Å². The number of aromatic nitrogens is 5. The van der Waals surface area contributed by atoms with E-state index in [0.717, 1.165) is 42.6 Å². The molecular weight excluding hydrogens is 312 g/mol. The molecule has 0 spiro atoms. The highest BCUT2D eigenvalue weighted by atomic mass is 32.1. The molecule has 0 N–H and O–H groups in total. The van der Waals surface area contributed by atoms with Crippen LogP contribution in [0.4, 0.5) is 5.95 Å². The molecule has 3 rings (SSSR count). The summed E-state index contributed by atoms with van der Waals surface area (Å²) >= 11 is 1.71. The van der Waals surface area contributed by atoms with Gasteiger partial charge in [0, 0.05) is 18.0 Å². The van der Waals surface area contributed by atoms with Crippen molar-refractivity contribution in [2.24, 2.45) is 0 Å². The average molecular weight is 336 g/mol. The second-order valence-corrected chi connectivity index (χ2v) is 7.27. The molecule has 0 saturated carbocycles. The molecule has 0 radical (unpaired) electrons. The average Bonchev–Trinajstić information content (AvgIpc) is 3.13. The first kappa shape index (κ1) is 16.3. The molecule has 0 aliphatic carbocycles. The maximum absolute atomic E-state index is 6.07. The maximum atomic E-state index is 6.07. The summed E-state index contributed by atoms with van der Waals surface area (Å²) in [6.07, 6.45) is 2.49. The summed E-state index contributed by atoms with van der Waals surface area (Å²) in [5.74, 6) is 0.829. The minimum absolute atomic E-state index is 0.242. The van der Waals surface area contributed by atoms with E-state index in [1.807, 2.05) is 18.5 Å². The molecule has 2 atom stereocenters. The Hall–Kier alpha value is -1.54. The topological polar surface area (TPSA) is 69.0 Å². The summed E-state index contributed by atoms with van der Waals surface area (Å²) < 4.78 is 7.95. The van der Waals surface area contributed by atoms with Gasteiger partial charge in [0.2, 0.25) is 5.95 Å². The fourth-order valence-electron chi connectivity index (χ4n) is 2.92. The van der Waals surface area contributed by atoms with Crippen LogP contribution in [0.15, 0.2) is 0 Å². The van der Waals surface area contributed by atoms with Gasteiger partial charge in [0.05, 0.1) is 29.5 Å². The van der Waals surface area contributed by atoms with E-state index < -0.39 is 0 Å². The minimum Gasteiger partial charge on any atom is -0.371 e. The molecule has 2 aromatic rings. The van der Waals surface area contributed by atoms with E-state index in [4.69, 9.17) is 4.74 Å². The van der Waals surface area contributed by atoms with Crippen molar-refractivity contribution < 1.29 is 4.74 Å². The van der Waals surface area contributed by atoms with Gasteiger partial charge in [-0.05, 0) is 37.1 Å². The molecule has 1 saturated heterocycles. The lowest BCUT2D eigenvalue weighted by molar-refractivity contribution is -0.0292. The molecule has 8 heteroatoms. The van der Waals surface area contributed by atoms with Crippen LogP contribution in [0.1, 0.15) is 42.3 Å². The molecular formula is C15H24N6OS. The third kappa shape index (κ3) is 3.53. The molecule has 2 aromatic heterocycles. The third-order valence-corrected chi connectivity index (χ3v) is 5.29. The lowest BCUT2D eigenvalue weighted by Crippen LogP contribution is -2.48. The Balaban J connectivity index is 1.81. The van der Waals surface area contributed by atoms with Gasteiger partial charge in [-0.1, -0.05) is 18.9 Å². The van der Waals surface area contributed by atoms with E-state index in [-0.39, 0.29) is 12.2 Å². The predicted molar refractivity (Wildman–Crippen MR) is 90.0 cm³/mol. The van der Waals surface area contributed by atoms with Crippen LogP contribution in [0, 0.1) is 13.8 Å². The summed E-state index contributed by atoms with van der Waals surface area (Å²) in [7, 11) is 0. The van der Waals surface area contributed by atoms with Gasteiger partial charge < -0.3 is 9.64 Å². The van der Waals surface area contributed by atoms with E-state index in [1.54, 1.807) is 11.3 Å². The highest BCUT2D eigenvalue weighted by molar-refractivity contribution is 7.11. The number of nitrogens with zero attached hydrogens (tertiary/aromatic N) is 6. The standard InChI is InChI=1S/C15H24N6OS/c1-5-12-7-20(8-13(6-2)22-12)15-17-18-19-21(15)9-14-10(3)16-11(4)23-14/h12-13H,5-9H2,1-4H3. The first-order valence-electron chi connectivity index (χ1n) is 8.20. The molecule has 3 heterocycles. The smallest absolute Gasteiger partial charge is 0.246 e. The number of morpholine rings is 1. The second kappa shape index (κ2) is 6.92. The van der Waals surface area contributed by atoms with Crippen molar-refractivity contribution in [3.8, 4) is 0 Å². The molecule has 7 nitrogen and oxygen atoms in total. The van der Waals surface area contributed by atoms with Crippen LogP contribution in [-0.4, -0.2) is 50.5 Å². The summed E-state index contributed by atoms with van der Waals surface area (Å²) in [4.78, 5) is 7.96. The molecule has 126 valence electrons. The van der Waals surface area contributed by atoms with Crippen molar-refractivity contribution in [2.45, 2.75) is 59.3 Å². The number of aryl methyl sites for hydroxylation is 2. The van der Waals surface area contributed by atoms with Crippen LogP contribution in [0.5, 0.6) is 0 Å². The SMILES string of the molecule is CCC1CN(c2nnnn2Cc2sc(C)nc2C)CC(CC)O1. The van der Waals surface area contributed by atoms with Gasteiger partial charge in [-0.15, -0.1) is 11.3 Å². The Bertz CT molecular complexity index is 642. The monoisotopic (exact) mass is 336 g/mol. The van der Waals surface area contributed by atoms with Crippen LogP contribution in [0.3, 0.4) is 0 Å². The third-order valence-electron chi connectivity index (χ3n) is 4.23. The van der Waals surface area contributed by atoms with Crippen LogP contribution in [0.25, 0.3) is 0 Å². The van der Waals surface area contributed by atoms with Crippen molar-refractivity contribution in [3.05, 3.63) is 15.6 Å². The summed E-state index contributed by atoms with van der Waals surface area (Å²) in [5, 5.41) is 13.4. The Kier molecular flexibility index (Phi) is 4.91. The molecule has 0 aromatic carbocycles. The molecule has 1 aliphatic rings. The Morgan fingerprint density at radius 1 is 1.17 bits per heavy atom. The van der Waals surface area contributed by atoms with Crippen molar-refractivity contribution >= 4 is 17.3 Å². The fourth-order valence-corrected chi connectivity index (χ4v) is 3.84. The predicted octanol–water partition coefficient (Wildman–Crippen LogP) is 2.19. The van der Waals surface area contributed by atoms with Gasteiger partial charge in [-0.2, -0.15) is 0 Å². The van der Waals surface area contributed by atoms with Gasteiger partial charge in [-0.25, -0.2) is 9.67 Å². The Labute approximate surface area is 140 Å². The number of hydrogen-bond donors (Lipinski definition) is 0. The van der Waals surface area contributed by atoms with Crippen molar-refractivity contribution in [2.75, 3.05) is 18.0 Å². The lowest BCUT2D eigenvalue weighted by atomic mass is 10.1. The molecule has 1 fully saturated rings. The highest BCUT2D eigenvalue weighted by Gasteiger charge is 2.29. The summed E-state index contributed by atoms with van der Waals surface area (Å²) in [5.41, 5.74) is 1.06. The Morgan fingerprint density at radius 3 is 2.43 bits per heavy atom. The van der Waals surface area contributed by atoms with Gasteiger partial charge in [0.15, 0.2) is 0 Å². The van der Waals surface area contributed by atoms with Crippen molar-refractivity contribution in [3.63, 3.8) is 0 Å². The molecule has 1 aliphatic heterocycles. The largest absolute Gasteiger partial charge is 0.371 e. The zero-order valence-corrected chi connectivity index (χ0v) is 15.0. The zero-order chi connectivity index (χ0) is 16.4. The summed E-state index contributed by atoms with van der Waals surface area (Å²) in [6.45, 7) is 10.7. The quantitative estimate of drug-likeness (QED) is 0.834. The van der Waals surface area contributed by atoms with Crippen LogP contribution < -0.4 is 4.90 Å². The van der Waals surface area contributed by atoms with Gasteiger partial charge in [0.1, 0.15) is 0 Å². The van der Waals surface area contributed by atoms with Crippen molar-refractivity contribution in [1.82, 2.24) is 25.2 Å².